The van der Waals surface area contributed by atoms with Gasteiger partial charge in [-0.2, -0.15) is 0 Å². The third-order valence-corrected chi connectivity index (χ3v) is 3.41. The maximum atomic E-state index is 12.2. The Kier molecular flexibility index (Phi) is 8.46. The number of carbonyl (C=O) groups is 2. The molecule has 1 unspecified atom stereocenters. The van der Waals surface area contributed by atoms with E-state index in [0.717, 1.165) is 25.7 Å². The molecular formula is C17H30O5. The normalized spacial score (nSPS) is 17.0. The lowest BCUT2D eigenvalue weighted by Gasteiger charge is -2.21. The van der Waals surface area contributed by atoms with Crippen LogP contribution < -0.4 is 0 Å². The smallest absolute Gasteiger partial charge is 0.335 e. The van der Waals surface area contributed by atoms with Crippen molar-refractivity contribution in [1.29, 1.82) is 0 Å². The highest BCUT2D eigenvalue weighted by Crippen LogP contribution is 2.23. The van der Waals surface area contributed by atoms with Crippen LogP contribution in [0.3, 0.4) is 0 Å². The molecule has 128 valence electrons. The first-order valence-electron chi connectivity index (χ1n) is 8.36. The van der Waals surface area contributed by atoms with Gasteiger partial charge in [0.15, 0.2) is 6.10 Å². The Labute approximate surface area is 133 Å². The van der Waals surface area contributed by atoms with Gasteiger partial charge in [-0.3, -0.25) is 4.79 Å². The zero-order chi connectivity index (χ0) is 16.5. The fourth-order valence-electron chi connectivity index (χ4n) is 2.26. The molecule has 1 atom stereocenters. The molecule has 0 aromatic carbocycles. The minimum absolute atomic E-state index is 0.0505. The van der Waals surface area contributed by atoms with Crippen LogP contribution in [0.5, 0.6) is 0 Å². The third kappa shape index (κ3) is 7.78. The van der Waals surface area contributed by atoms with E-state index in [2.05, 4.69) is 0 Å². The predicted molar refractivity (Wildman–Crippen MR) is 83.3 cm³/mol. The highest BCUT2D eigenvalue weighted by molar-refractivity contribution is 5.81. The maximum absolute atomic E-state index is 12.2. The van der Waals surface area contributed by atoms with Gasteiger partial charge in [-0.15, -0.1) is 0 Å². The molecule has 1 fully saturated rings. The lowest BCUT2D eigenvalue weighted by molar-refractivity contribution is -0.168. The van der Waals surface area contributed by atoms with Crippen LogP contribution in [0.25, 0.3) is 0 Å². The number of esters is 2. The minimum atomic E-state index is -0.846. The van der Waals surface area contributed by atoms with E-state index < -0.39 is 18.0 Å². The second kappa shape index (κ2) is 9.82. The van der Waals surface area contributed by atoms with Crippen LogP contribution in [0, 0.1) is 11.8 Å². The van der Waals surface area contributed by atoms with E-state index in [-0.39, 0.29) is 24.4 Å². The molecule has 1 rings (SSSR count). The van der Waals surface area contributed by atoms with Crippen molar-refractivity contribution in [2.75, 3.05) is 13.2 Å². The number of carbonyl (C=O) groups excluding carboxylic acids is 2. The van der Waals surface area contributed by atoms with E-state index in [1.807, 2.05) is 27.7 Å². The van der Waals surface area contributed by atoms with E-state index in [1.54, 1.807) is 0 Å². The Bertz CT molecular complexity index is 345. The van der Waals surface area contributed by atoms with E-state index in [4.69, 9.17) is 14.2 Å². The molecule has 0 aromatic rings. The van der Waals surface area contributed by atoms with Gasteiger partial charge >= 0.3 is 11.9 Å². The van der Waals surface area contributed by atoms with Crippen molar-refractivity contribution in [1.82, 2.24) is 0 Å². The topological polar surface area (TPSA) is 61.8 Å². The SMILES string of the molecule is CC(C)COC(=O)CC(OC1CCCC1)C(=O)OCC(C)C. The van der Waals surface area contributed by atoms with Crippen molar-refractivity contribution in [3.63, 3.8) is 0 Å². The lowest BCUT2D eigenvalue weighted by atomic mass is 10.2. The van der Waals surface area contributed by atoms with Gasteiger partial charge in [-0.1, -0.05) is 40.5 Å². The van der Waals surface area contributed by atoms with Crippen molar-refractivity contribution in [3.8, 4) is 0 Å². The van der Waals surface area contributed by atoms with Gasteiger partial charge in [0.05, 0.1) is 25.7 Å². The molecule has 1 saturated carbocycles. The summed E-state index contributed by atoms with van der Waals surface area (Å²) in [5.74, 6) is -0.338. The average molecular weight is 314 g/mol. The Morgan fingerprint density at radius 1 is 0.955 bits per heavy atom. The summed E-state index contributed by atoms with van der Waals surface area (Å²) in [6, 6.07) is 0. The predicted octanol–water partition coefficient (Wildman–Crippen LogP) is 3.10. The Morgan fingerprint density at radius 3 is 2.05 bits per heavy atom. The quantitative estimate of drug-likeness (QED) is 0.612. The Balaban J connectivity index is 2.52. The molecule has 0 heterocycles. The van der Waals surface area contributed by atoms with E-state index in [1.165, 1.54) is 0 Å². The minimum Gasteiger partial charge on any atom is -0.465 e. The molecule has 22 heavy (non-hydrogen) atoms. The van der Waals surface area contributed by atoms with E-state index in [9.17, 15) is 9.59 Å². The van der Waals surface area contributed by atoms with Crippen LogP contribution in [0.15, 0.2) is 0 Å². The molecule has 5 nitrogen and oxygen atoms in total. The van der Waals surface area contributed by atoms with Gasteiger partial charge in [0.25, 0.3) is 0 Å². The summed E-state index contributed by atoms with van der Waals surface area (Å²) in [5.41, 5.74) is 0. The zero-order valence-electron chi connectivity index (χ0n) is 14.3. The summed E-state index contributed by atoms with van der Waals surface area (Å²) in [5, 5.41) is 0. The second-order valence-electron chi connectivity index (χ2n) is 6.84. The molecule has 5 heteroatoms. The van der Waals surface area contributed by atoms with Gasteiger partial charge in [-0.25, -0.2) is 4.79 Å². The fraction of sp³-hybridized carbons (Fsp3) is 0.882. The van der Waals surface area contributed by atoms with E-state index in [0.29, 0.717) is 13.2 Å². The van der Waals surface area contributed by atoms with Gasteiger partial charge in [0.1, 0.15) is 0 Å². The van der Waals surface area contributed by atoms with Crippen LogP contribution in [-0.4, -0.2) is 37.4 Å². The average Bonchev–Trinajstić information content (AvgIpc) is 2.94. The first-order chi connectivity index (χ1) is 10.4. The van der Waals surface area contributed by atoms with Crippen molar-refractivity contribution in [2.24, 2.45) is 11.8 Å². The fourth-order valence-corrected chi connectivity index (χ4v) is 2.26. The third-order valence-electron chi connectivity index (χ3n) is 3.41. The van der Waals surface area contributed by atoms with Gasteiger partial charge in [0.2, 0.25) is 0 Å². The highest BCUT2D eigenvalue weighted by atomic mass is 16.6. The zero-order valence-corrected chi connectivity index (χ0v) is 14.3. The summed E-state index contributed by atoms with van der Waals surface area (Å²) in [6.45, 7) is 8.57. The molecular weight excluding hydrogens is 284 g/mol. The number of rotatable bonds is 9. The standard InChI is InChI=1S/C17H30O5/c1-12(2)10-20-16(18)9-15(17(19)21-11-13(3)4)22-14-7-5-6-8-14/h12-15H,5-11H2,1-4H3. The summed E-state index contributed by atoms with van der Waals surface area (Å²) >= 11 is 0. The van der Waals surface area contributed by atoms with Gasteiger partial charge in [-0.05, 0) is 24.7 Å². The molecule has 0 radical (unpaired) electrons. The summed E-state index contributed by atoms with van der Waals surface area (Å²) in [7, 11) is 0. The van der Waals surface area contributed by atoms with Crippen LogP contribution >= 0.6 is 0 Å². The van der Waals surface area contributed by atoms with Crippen molar-refractivity contribution in [2.45, 2.75) is 72.0 Å². The number of hydrogen-bond donors (Lipinski definition) is 0. The first-order valence-corrected chi connectivity index (χ1v) is 8.36. The summed E-state index contributed by atoms with van der Waals surface area (Å²) in [6.07, 6.45) is 3.23. The number of ether oxygens (including phenoxy) is 3. The molecule has 0 N–H and O–H groups in total. The molecule has 1 aliphatic rings. The van der Waals surface area contributed by atoms with Crippen LogP contribution in [0.4, 0.5) is 0 Å². The highest BCUT2D eigenvalue weighted by Gasteiger charge is 2.29. The van der Waals surface area contributed by atoms with Crippen molar-refractivity contribution < 1.29 is 23.8 Å². The summed E-state index contributed by atoms with van der Waals surface area (Å²) in [4.78, 5) is 24.0. The molecule has 0 spiro atoms. The largest absolute Gasteiger partial charge is 0.465 e. The van der Waals surface area contributed by atoms with Crippen LogP contribution in [-0.2, 0) is 23.8 Å². The van der Waals surface area contributed by atoms with Gasteiger partial charge in [0, 0.05) is 0 Å². The lowest BCUT2D eigenvalue weighted by Crippen LogP contribution is -2.33. The molecule has 0 aromatic heterocycles. The van der Waals surface area contributed by atoms with Crippen LogP contribution in [0.2, 0.25) is 0 Å². The molecule has 0 aliphatic heterocycles. The molecule has 1 aliphatic carbocycles. The van der Waals surface area contributed by atoms with Gasteiger partial charge < -0.3 is 14.2 Å². The van der Waals surface area contributed by atoms with E-state index >= 15 is 0 Å². The Morgan fingerprint density at radius 2 is 1.50 bits per heavy atom. The van der Waals surface area contributed by atoms with Crippen LogP contribution in [0.1, 0.15) is 59.8 Å². The second-order valence-corrected chi connectivity index (χ2v) is 6.84. The first kappa shape index (κ1) is 18.9. The Hall–Kier alpha value is -1.10. The summed E-state index contributed by atoms with van der Waals surface area (Å²) < 4.78 is 16.2. The van der Waals surface area contributed by atoms with Crippen molar-refractivity contribution >= 4 is 11.9 Å². The maximum Gasteiger partial charge on any atom is 0.335 e. The van der Waals surface area contributed by atoms with Crippen molar-refractivity contribution in [3.05, 3.63) is 0 Å². The monoisotopic (exact) mass is 314 g/mol. The number of hydrogen-bond acceptors (Lipinski definition) is 5. The molecule has 0 bridgehead atoms. The molecule has 0 saturated heterocycles. The molecule has 0 amide bonds.